The molecule has 4 aromatic rings. The van der Waals surface area contributed by atoms with Gasteiger partial charge in [0.2, 0.25) is 5.89 Å². The van der Waals surface area contributed by atoms with Gasteiger partial charge in [-0.1, -0.05) is 12.1 Å². The quantitative estimate of drug-likeness (QED) is 0.584. The molecule has 4 rings (SSSR count). The fraction of sp³-hybridized carbons (Fsp3) is 0.111. The molecule has 0 atom stereocenters. The summed E-state index contributed by atoms with van der Waals surface area (Å²) < 4.78 is 7.32. The highest BCUT2D eigenvalue weighted by molar-refractivity contribution is 7.13. The maximum absolute atomic E-state index is 12.5. The number of thiophene rings is 1. The first-order chi connectivity index (χ1) is 12.7. The van der Waals surface area contributed by atoms with E-state index in [0.717, 1.165) is 10.6 Å². The van der Waals surface area contributed by atoms with Crippen LogP contribution < -0.4 is 5.32 Å². The molecule has 0 spiro atoms. The molecule has 0 aliphatic heterocycles. The average Bonchev–Trinajstić information content (AvgIpc) is 3.37. The molecule has 1 amide bonds. The van der Waals surface area contributed by atoms with Gasteiger partial charge in [-0.2, -0.15) is 5.10 Å². The van der Waals surface area contributed by atoms with Crippen molar-refractivity contribution >= 4 is 23.1 Å². The smallest absolute Gasteiger partial charge is 0.279 e. The van der Waals surface area contributed by atoms with Crippen LogP contribution in [0.5, 0.6) is 0 Å². The fourth-order valence-electron chi connectivity index (χ4n) is 2.46. The number of rotatable bonds is 5. The van der Waals surface area contributed by atoms with Gasteiger partial charge in [0, 0.05) is 18.5 Å². The number of amides is 1. The molecule has 0 aromatic carbocycles. The van der Waals surface area contributed by atoms with E-state index in [1.165, 1.54) is 11.3 Å². The third-order valence-electron chi connectivity index (χ3n) is 3.68. The summed E-state index contributed by atoms with van der Waals surface area (Å²) in [6, 6.07) is 11.3. The van der Waals surface area contributed by atoms with Gasteiger partial charge in [-0.25, -0.2) is 4.98 Å². The van der Waals surface area contributed by atoms with Crippen molar-refractivity contribution in [3.05, 3.63) is 71.3 Å². The minimum atomic E-state index is -0.350. The van der Waals surface area contributed by atoms with E-state index in [1.807, 2.05) is 35.7 Å². The minimum Gasteiger partial charge on any atom is -0.440 e. The number of pyridine rings is 1. The number of hydrogen-bond acceptors (Lipinski definition) is 6. The van der Waals surface area contributed by atoms with Gasteiger partial charge >= 0.3 is 0 Å². The molecule has 0 bridgehead atoms. The summed E-state index contributed by atoms with van der Waals surface area (Å²) in [6.45, 7) is 2.25. The SMILES string of the molecule is Cc1oc(-c2cccs2)nc1C(=O)Nc1ccn(Cc2ccccn2)n1. The van der Waals surface area contributed by atoms with Crippen LogP contribution in [0.1, 0.15) is 21.9 Å². The molecule has 0 saturated carbocycles. The number of nitrogens with one attached hydrogen (secondary N) is 1. The van der Waals surface area contributed by atoms with Gasteiger partial charge in [-0.15, -0.1) is 11.3 Å². The van der Waals surface area contributed by atoms with Crippen molar-refractivity contribution in [2.75, 3.05) is 5.32 Å². The lowest BCUT2D eigenvalue weighted by Gasteiger charge is -2.01. The maximum atomic E-state index is 12.5. The molecule has 8 heteroatoms. The van der Waals surface area contributed by atoms with Crippen molar-refractivity contribution in [2.45, 2.75) is 13.5 Å². The number of carbonyl (C=O) groups is 1. The Morgan fingerprint density at radius 2 is 2.19 bits per heavy atom. The number of nitrogens with zero attached hydrogens (tertiary/aromatic N) is 4. The molecule has 1 N–H and O–H groups in total. The molecule has 0 aliphatic carbocycles. The Morgan fingerprint density at radius 1 is 1.27 bits per heavy atom. The lowest BCUT2D eigenvalue weighted by molar-refractivity contribution is 0.102. The zero-order valence-electron chi connectivity index (χ0n) is 13.9. The average molecular weight is 365 g/mol. The zero-order chi connectivity index (χ0) is 17.9. The standard InChI is InChI=1S/C18H15N5O2S/c1-12-16(21-18(25-12)14-6-4-10-26-14)17(24)20-15-7-9-23(22-15)11-13-5-2-3-8-19-13/h2-10H,11H2,1H3,(H,20,22,24). The van der Waals surface area contributed by atoms with E-state index in [9.17, 15) is 4.79 Å². The van der Waals surface area contributed by atoms with Crippen LogP contribution in [0.15, 0.2) is 58.6 Å². The van der Waals surface area contributed by atoms with Gasteiger partial charge in [-0.3, -0.25) is 14.5 Å². The van der Waals surface area contributed by atoms with E-state index in [0.29, 0.717) is 24.0 Å². The van der Waals surface area contributed by atoms with Crippen LogP contribution in [0, 0.1) is 6.92 Å². The first kappa shape index (κ1) is 16.2. The second-order valence-electron chi connectivity index (χ2n) is 5.57. The van der Waals surface area contributed by atoms with Crippen molar-refractivity contribution in [1.82, 2.24) is 19.7 Å². The Bertz CT molecular complexity index is 1020. The maximum Gasteiger partial charge on any atom is 0.279 e. The molecule has 130 valence electrons. The van der Waals surface area contributed by atoms with E-state index in [4.69, 9.17) is 4.42 Å². The molecule has 4 aromatic heterocycles. The highest BCUT2D eigenvalue weighted by Gasteiger charge is 2.19. The Morgan fingerprint density at radius 3 is 2.96 bits per heavy atom. The lowest BCUT2D eigenvalue weighted by Crippen LogP contribution is -2.14. The Balaban J connectivity index is 1.47. The number of carbonyl (C=O) groups excluding carboxylic acids is 1. The van der Waals surface area contributed by atoms with Gasteiger partial charge in [0.25, 0.3) is 5.91 Å². The van der Waals surface area contributed by atoms with Gasteiger partial charge in [0.05, 0.1) is 17.1 Å². The third-order valence-corrected chi connectivity index (χ3v) is 4.53. The van der Waals surface area contributed by atoms with Crippen LogP contribution in [0.25, 0.3) is 10.8 Å². The molecule has 0 unspecified atom stereocenters. The Labute approximate surface area is 153 Å². The Hall–Kier alpha value is -3.26. The molecule has 0 aliphatic rings. The predicted molar refractivity (Wildman–Crippen MR) is 98.1 cm³/mol. The number of aryl methyl sites for hydroxylation is 1. The molecule has 0 radical (unpaired) electrons. The van der Waals surface area contributed by atoms with E-state index >= 15 is 0 Å². The summed E-state index contributed by atoms with van der Waals surface area (Å²) in [4.78, 5) is 21.9. The molecule has 0 saturated heterocycles. The third kappa shape index (κ3) is 3.40. The molecule has 4 heterocycles. The Kier molecular flexibility index (Phi) is 4.32. The van der Waals surface area contributed by atoms with Crippen LogP contribution >= 0.6 is 11.3 Å². The summed E-state index contributed by atoms with van der Waals surface area (Å²) >= 11 is 1.51. The van der Waals surface area contributed by atoms with Crippen LogP contribution in [0.2, 0.25) is 0 Å². The van der Waals surface area contributed by atoms with E-state index < -0.39 is 0 Å². The van der Waals surface area contributed by atoms with Gasteiger partial charge in [-0.05, 0) is 30.5 Å². The topological polar surface area (TPSA) is 85.8 Å². The molecular formula is C18H15N5O2S. The van der Waals surface area contributed by atoms with E-state index in [1.54, 1.807) is 30.1 Å². The highest BCUT2D eigenvalue weighted by atomic mass is 32.1. The van der Waals surface area contributed by atoms with Crippen molar-refractivity contribution in [2.24, 2.45) is 0 Å². The fourth-order valence-corrected chi connectivity index (χ4v) is 3.11. The van der Waals surface area contributed by atoms with Crippen molar-refractivity contribution < 1.29 is 9.21 Å². The summed E-state index contributed by atoms with van der Waals surface area (Å²) in [5.74, 6) is 1.02. The number of anilines is 1. The summed E-state index contributed by atoms with van der Waals surface area (Å²) in [5, 5.41) is 9.03. The lowest BCUT2D eigenvalue weighted by atomic mass is 10.3. The summed E-state index contributed by atoms with van der Waals surface area (Å²) in [5.41, 5.74) is 1.15. The van der Waals surface area contributed by atoms with Crippen molar-refractivity contribution in [1.29, 1.82) is 0 Å². The first-order valence-corrected chi connectivity index (χ1v) is 8.83. The minimum absolute atomic E-state index is 0.257. The first-order valence-electron chi connectivity index (χ1n) is 7.95. The van der Waals surface area contributed by atoms with Crippen molar-refractivity contribution in [3.63, 3.8) is 0 Å². The van der Waals surface area contributed by atoms with Gasteiger partial charge in [0.1, 0.15) is 5.76 Å². The summed E-state index contributed by atoms with van der Waals surface area (Å²) in [6.07, 6.45) is 3.52. The van der Waals surface area contributed by atoms with Crippen LogP contribution in [0.4, 0.5) is 5.82 Å². The van der Waals surface area contributed by atoms with Crippen LogP contribution in [-0.4, -0.2) is 25.7 Å². The second kappa shape index (κ2) is 6.93. The molecule has 7 nitrogen and oxygen atoms in total. The molecule has 26 heavy (non-hydrogen) atoms. The zero-order valence-corrected chi connectivity index (χ0v) is 14.7. The normalized spacial score (nSPS) is 10.8. The number of hydrogen-bond donors (Lipinski definition) is 1. The van der Waals surface area contributed by atoms with Crippen molar-refractivity contribution in [3.8, 4) is 10.8 Å². The highest BCUT2D eigenvalue weighted by Crippen LogP contribution is 2.26. The van der Waals surface area contributed by atoms with Crippen LogP contribution in [-0.2, 0) is 6.54 Å². The monoisotopic (exact) mass is 365 g/mol. The summed E-state index contributed by atoms with van der Waals surface area (Å²) in [7, 11) is 0. The van der Waals surface area contributed by atoms with Gasteiger partial charge < -0.3 is 9.73 Å². The molecular weight excluding hydrogens is 350 g/mol. The van der Waals surface area contributed by atoms with Crippen LogP contribution in [0.3, 0.4) is 0 Å². The second-order valence-corrected chi connectivity index (χ2v) is 6.52. The largest absolute Gasteiger partial charge is 0.440 e. The van der Waals surface area contributed by atoms with Gasteiger partial charge in [0.15, 0.2) is 11.5 Å². The van der Waals surface area contributed by atoms with E-state index in [-0.39, 0.29) is 11.6 Å². The predicted octanol–water partition coefficient (Wildman–Crippen LogP) is 3.60. The van der Waals surface area contributed by atoms with E-state index in [2.05, 4.69) is 20.4 Å². The number of oxazole rings is 1. The number of aromatic nitrogens is 4. The molecule has 0 fully saturated rings.